The Hall–Kier alpha value is -2.45. The molecule has 2 N–H and O–H groups in total. The number of primary sulfonamides is 1. The third-order valence-electron chi connectivity index (χ3n) is 4.48. The highest BCUT2D eigenvalue weighted by Crippen LogP contribution is 2.28. The molecule has 2 aromatic rings. The number of benzene rings is 2. The average molecular weight is 377 g/mol. The first kappa shape index (κ1) is 18.3. The van der Waals surface area contributed by atoms with E-state index in [4.69, 9.17) is 5.14 Å². The lowest BCUT2D eigenvalue weighted by Gasteiger charge is -2.38. The number of hydrogen-bond acceptors (Lipinski definition) is 5. The summed E-state index contributed by atoms with van der Waals surface area (Å²) in [7, 11) is -3.82. The predicted molar refractivity (Wildman–Crippen MR) is 98.6 cm³/mol. The summed E-state index contributed by atoms with van der Waals surface area (Å²) in [6.45, 7) is 3.46. The Morgan fingerprint density at radius 1 is 0.962 bits per heavy atom. The normalized spacial score (nSPS) is 15.2. The molecule has 2 aromatic carbocycles. The van der Waals surface area contributed by atoms with Gasteiger partial charge in [-0.15, -0.1) is 0 Å². The summed E-state index contributed by atoms with van der Waals surface area (Å²) in [5.41, 5.74) is 1.21. The number of anilines is 2. The van der Waals surface area contributed by atoms with Crippen molar-refractivity contribution in [3.63, 3.8) is 0 Å². The SMILES string of the molecule is CC(=O)c1c(F)cccc1N1CCN(c2ccccc2S(N)(=O)=O)CC1. The Morgan fingerprint density at radius 2 is 1.50 bits per heavy atom. The van der Waals surface area contributed by atoms with Gasteiger partial charge in [-0.3, -0.25) is 4.79 Å². The Labute approximate surface area is 152 Å². The Bertz CT molecular complexity index is 938. The molecule has 3 rings (SSSR count). The van der Waals surface area contributed by atoms with E-state index in [9.17, 15) is 17.6 Å². The summed E-state index contributed by atoms with van der Waals surface area (Å²) in [5, 5.41) is 5.31. The van der Waals surface area contributed by atoms with Gasteiger partial charge >= 0.3 is 0 Å². The number of rotatable bonds is 4. The summed E-state index contributed by atoms with van der Waals surface area (Å²) in [6.07, 6.45) is 0. The van der Waals surface area contributed by atoms with Gasteiger partial charge in [0.05, 0.1) is 16.9 Å². The second kappa shape index (κ2) is 7.05. The van der Waals surface area contributed by atoms with Gasteiger partial charge in [0.25, 0.3) is 0 Å². The van der Waals surface area contributed by atoms with Crippen LogP contribution < -0.4 is 14.9 Å². The maximum absolute atomic E-state index is 14.0. The largest absolute Gasteiger partial charge is 0.367 e. The molecule has 0 amide bonds. The molecule has 8 heteroatoms. The van der Waals surface area contributed by atoms with Crippen LogP contribution in [0.2, 0.25) is 0 Å². The number of halogens is 1. The van der Waals surface area contributed by atoms with Crippen LogP contribution in [0.4, 0.5) is 15.8 Å². The van der Waals surface area contributed by atoms with E-state index in [0.717, 1.165) is 0 Å². The lowest BCUT2D eigenvalue weighted by Crippen LogP contribution is -2.47. The molecule has 0 atom stereocenters. The molecule has 1 fully saturated rings. The van der Waals surface area contributed by atoms with Gasteiger partial charge in [0.1, 0.15) is 10.7 Å². The molecule has 0 spiro atoms. The molecular weight excluding hydrogens is 357 g/mol. The Balaban J connectivity index is 1.84. The fraction of sp³-hybridized carbons (Fsp3) is 0.278. The first-order chi connectivity index (χ1) is 12.3. The third kappa shape index (κ3) is 3.56. The molecule has 0 saturated carbocycles. The van der Waals surface area contributed by atoms with Gasteiger partial charge < -0.3 is 9.80 Å². The molecular formula is C18H20FN3O3S. The number of sulfonamides is 1. The minimum absolute atomic E-state index is 0.0867. The lowest BCUT2D eigenvalue weighted by molar-refractivity contribution is 0.101. The molecule has 6 nitrogen and oxygen atoms in total. The van der Waals surface area contributed by atoms with E-state index in [1.807, 2.05) is 9.80 Å². The van der Waals surface area contributed by atoms with E-state index in [0.29, 0.717) is 37.6 Å². The summed E-state index contributed by atoms with van der Waals surface area (Å²) in [5.74, 6) is -0.850. The summed E-state index contributed by atoms with van der Waals surface area (Å²) < 4.78 is 37.6. The van der Waals surface area contributed by atoms with Crippen LogP contribution in [0.25, 0.3) is 0 Å². The molecule has 1 aliphatic rings. The molecule has 1 aliphatic heterocycles. The Kier molecular flexibility index (Phi) is 4.97. The van der Waals surface area contributed by atoms with Crippen molar-refractivity contribution in [2.75, 3.05) is 36.0 Å². The zero-order chi connectivity index (χ0) is 18.9. The molecule has 0 unspecified atom stereocenters. The fourth-order valence-electron chi connectivity index (χ4n) is 3.27. The quantitative estimate of drug-likeness (QED) is 0.824. The predicted octanol–water partition coefficient (Wildman–Crippen LogP) is 2.00. The smallest absolute Gasteiger partial charge is 0.240 e. The van der Waals surface area contributed by atoms with Crippen LogP contribution in [-0.2, 0) is 10.0 Å². The summed E-state index contributed by atoms with van der Waals surface area (Å²) in [4.78, 5) is 15.8. The highest BCUT2D eigenvalue weighted by atomic mass is 32.2. The average Bonchev–Trinajstić information content (AvgIpc) is 2.60. The molecule has 1 saturated heterocycles. The van der Waals surface area contributed by atoms with Gasteiger partial charge in [0, 0.05) is 26.2 Å². The van der Waals surface area contributed by atoms with E-state index in [2.05, 4.69) is 0 Å². The standard InChI is InChI=1S/C18H20FN3O3S/c1-13(23)18-14(19)5-4-7-16(18)22-11-9-21(10-12-22)15-6-2-3-8-17(15)26(20,24)25/h2-8H,9-12H2,1H3,(H2,20,24,25). The lowest BCUT2D eigenvalue weighted by atomic mass is 10.1. The maximum Gasteiger partial charge on any atom is 0.240 e. The second-order valence-electron chi connectivity index (χ2n) is 6.18. The number of para-hydroxylation sites is 1. The van der Waals surface area contributed by atoms with Crippen molar-refractivity contribution in [2.45, 2.75) is 11.8 Å². The van der Waals surface area contributed by atoms with Crippen molar-refractivity contribution >= 4 is 27.2 Å². The molecule has 1 heterocycles. The molecule has 0 radical (unpaired) electrons. The minimum Gasteiger partial charge on any atom is -0.367 e. The number of ketones is 1. The van der Waals surface area contributed by atoms with Crippen LogP contribution in [0.5, 0.6) is 0 Å². The van der Waals surface area contributed by atoms with Crippen LogP contribution >= 0.6 is 0 Å². The van der Waals surface area contributed by atoms with E-state index in [-0.39, 0.29) is 16.2 Å². The van der Waals surface area contributed by atoms with Crippen molar-refractivity contribution in [3.8, 4) is 0 Å². The van der Waals surface area contributed by atoms with Crippen molar-refractivity contribution in [2.24, 2.45) is 5.14 Å². The van der Waals surface area contributed by atoms with Crippen LogP contribution in [0.15, 0.2) is 47.4 Å². The molecule has 0 aliphatic carbocycles. The topological polar surface area (TPSA) is 83.7 Å². The Morgan fingerprint density at radius 3 is 2.08 bits per heavy atom. The molecule has 138 valence electrons. The van der Waals surface area contributed by atoms with Gasteiger partial charge in [0.2, 0.25) is 10.0 Å². The van der Waals surface area contributed by atoms with E-state index in [1.54, 1.807) is 30.3 Å². The van der Waals surface area contributed by atoms with Gasteiger partial charge in [-0.1, -0.05) is 18.2 Å². The number of Topliss-reactive ketones (excluding diaryl/α,β-unsaturated/α-hetero) is 1. The number of nitrogens with two attached hydrogens (primary N) is 1. The molecule has 0 bridgehead atoms. The first-order valence-electron chi connectivity index (χ1n) is 8.20. The van der Waals surface area contributed by atoms with E-state index >= 15 is 0 Å². The second-order valence-corrected chi connectivity index (χ2v) is 7.71. The highest BCUT2D eigenvalue weighted by Gasteiger charge is 2.25. The minimum atomic E-state index is -3.82. The zero-order valence-electron chi connectivity index (χ0n) is 14.4. The van der Waals surface area contributed by atoms with Gasteiger partial charge in [0.15, 0.2) is 5.78 Å². The fourth-order valence-corrected chi connectivity index (χ4v) is 4.03. The number of piperazine rings is 1. The number of carbonyl (C=O) groups excluding carboxylic acids is 1. The van der Waals surface area contributed by atoms with Crippen molar-refractivity contribution in [1.82, 2.24) is 0 Å². The molecule has 26 heavy (non-hydrogen) atoms. The van der Waals surface area contributed by atoms with E-state index in [1.165, 1.54) is 19.1 Å². The van der Waals surface area contributed by atoms with Crippen LogP contribution in [0, 0.1) is 5.82 Å². The molecule has 0 aromatic heterocycles. The van der Waals surface area contributed by atoms with Gasteiger partial charge in [-0.05, 0) is 31.2 Å². The van der Waals surface area contributed by atoms with Crippen LogP contribution in [0.1, 0.15) is 17.3 Å². The van der Waals surface area contributed by atoms with Gasteiger partial charge in [-0.2, -0.15) is 0 Å². The summed E-state index contributed by atoms with van der Waals surface area (Å²) in [6, 6.07) is 11.2. The van der Waals surface area contributed by atoms with Crippen molar-refractivity contribution < 1.29 is 17.6 Å². The van der Waals surface area contributed by atoms with Crippen LogP contribution in [0.3, 0.4) is 0 Å². The monoisotopic (exact) mass is 377 g/mol. The summed E-state index contributed by atoms with van der Waals surface area (Å²) >= 11 is 0. The zero-order valence-corrected chi connectivity index (χ0v) is 15.2. The number of carbonyl (C=O) groups is 1. The number of nitrogens with zero attached hydrogens (tertiary/aromatic N) is 2. The maximum atomic E-state index is 14.0. The van der Waals surface area contributed by atoms with E-state index < -0.39 is 15.8 Å². The number of hydrogen-bond donors (Lipinski definition) is 1. The van der Waals surface area contributed by atoms with Gasteiger partial charge in [-0.25, -0.2) is 17.9 Å². The van der Waals surface area contributed by atoms with Crippen molar-refractivity contribution in [3.05, 3.63) is 53.8 Å². The van der Waals surface area contributed by atoms with Crippen LogP contribution in [-0.4, -0.2) is 40.4 Å². The first-order valence-corrected chi connectivity index (χ1v) is 9.75. The van der Waals surface area contributed by atoms with Crippen molar-refractivity contribution in [1.29, 1.82) is 0 Å². The highest BCUT2D eigenvalue weighted by molar-refractivity contribution is 7.89. The third-order valence-corrected chi connectivity index (χ3v) is 5.43.